The average molecular weight is 497 g/mol. The minimum atomic E-state index is -4.68. The molecule has 1 amide bonds. The summed E-state index contributed by atoms with van der Waals surface area (Å²) >= 11 is 0. The molecule has 0 bridgehead atoms. The Morgan fingerprint density at radius 3 is 2.62 bits per heavy atom. The first kappa shape index (κ1) is 23.6. The van der Waals surface area contributed by atoms with Crippen molar-refractivity contribution in [1.29, 1.82) is 0 Å². The number of carbonyl (C=O) groups is 1. The maximum Gasteiger partial charge on any atom is 0.435 e. The number of alkyl halides is 3. The van der Waals surface area contributed by atoms with Crippen LogP contribution in [0.15, 0.2) is 35.6 Å². The molecular weight excluding hydrogens is 479 g/mol. The predicted molar refractivity (Wildman–Crippen MR) is 111 cm³/mol. The van der Waals surface area contributed by atoms with Crippen molar-refractivity contribution in [1.82, 2.24) is 34.7 Å². The number of hydrogen-bond donors (Lipinski definition) is 1. The van der Waals surface area contributed by atoms with E-state index in [0.717, 1.165) is 15.1 Å². The van der Waals surface area contributed by atoms with Crippen LogP contribution in [0.3, 0.4) is 0 Å². The molecule has 0 aliphatic heterocycles. The zero-order valence-electron chi connectivity index (χ0n) is 18.0. The molecule has 0 saturated carbocycles. The number of fused-ring (bicyclic) bond motifs is 2. The topological polar surface area (TPSA) is 133 Å². The van der Waals surface area contributed by atoms with E-state index in [0.29, 0.717) is 0 Å². The molecule has 4 rings (SSSR count). The molecule has 15 heteroatoms. The number of aromatic nitrogens is 6. The second-order valence-electron chi connectivity index (χ2n) is 7.39. The van der Waals surface area contributed by atoms with Crippen LogP contribution in [-0.2, 0) is 20.9 Å². The summed E-state index contributed by atoms with van der Waals surface area (Å²) in [5.74, 6) is -1.03. The van der Waals surface area contributed by atoms with Crippen LogP contribution in [0, 0.1) is 0 Å². The summed E-state index contributed by atoms with van der Waals surface area (Å²) in [6.07, 6.45) is -2.52. The average Bonchev–Trinajstić information content (AvgIpc) is 3.38. The molecule has 34 heavy (non-hydrogen) atoms. The number of nitrogens with one attached hydrogen (secondary N) is 1. The van der Waals surface area contributed by atoms with Gasteiger partial charge in [-0.2, -0.15) is 23.4 Å². The van der Waals surface area contributed by atoms with Crippen molar-refractivity contribution in [2.24, 2.45) is 0 Å². The zero-order chi connectivity index (χ0) is 24.8. The summed E-state index contributed by atoms with van der Waals surface area (Å²) in [6.45, 7) is 4.80. The third-order valence-electron chi connectivity index (χ3n) is 4.65. The van der Waals surface area contributed by atoms with Crippen LogP contribution in [0.4, 0.5) is 13.2 Å². The molecule has 4 aromatic heterocycles. The van der Waals surface area contributed by atoms with E-state index in [1.807, 2.05) is 0 Å². The fraction of sp³-hybridized carbons (Fsp3) is 0.316. The zero-order valence-corrected chi connectivity index (χ0v) is 18.8. The summed E-state index contributed by atoms with van der Waals surface area (Å²) in [7, 11) is -3.96. The number of amides is 1. The normalized spacial score (nSPS) is 12.7. The number of halogens is 3. The maximum absolute atomic E-state index is 13.1. The Kier molecular flexibility index (Phi) is 5.77. The Bertz CT molecular complexity index is 1510. The van der Waals surface area contributed by atoms with Crippen molar-refractivity contribution >= 4 is 27.0 Å². The highest BCUT2D eigenvalue weighted by Gasteiger charge is 2.35. The van der Waals surface area contributed by atoms with Crippen molar-refractivity contribution in [3.8, 4) is 11.3 Å². The lowest BCUT2D eigenvalue weighted by Crippen LogP contribution is -2.28. The highest BCUT2D eigenvalue weighted by molar-refractivity contribution is 7.91. The van der Waals surface area contributed by atoms with Gasteiger partial charge in [-0.05, 0) is 26.0 Å². The molecule has 0 saturated heterocycles. The molecular formula is C19H18F3N7O4S. The number of hydroxylamine groups is 1. The van der Waals surface area contributed by atoms with Crippen LogP contribution in [0.2, 0.25) is 0 Å². The Balaban J connectivity index is 1.95. The second-order valence-corrected chi connectivity index (χ2v) is 9.58. The summed E-state index contributed by atoms with van der Waals surface area (Å²) in [6, 6.07) is 3.34. The van der Waals surface area contributed by atoms with Gasteiger partial charge in [-0.15, -0.1) is 0 Å². The predicted octanol–water partition coefficient (Wildman–Crippen LogP) is 2.32. The molecule has 0 aromatic carbocycles. The van der Waals surface area contributed by atoms with Crippen LogP contribution in [-0.4, -0.2) is 55.4 Å². The van der Waals surface area contributed by atoms with Crippen LogP contribution in [0.5, 0.6) is 0 Å². The lowest BCUT2D eigenvalue weighted by molar-refractivity contribution is -0.141. The highest BCUT2D eigenvalue weighted by atomic mass is 32.2. The highest BCUT2D eigenvalue weighted by Crippen LogP contribution is 2.32. The van der Waals surface area contributed by atoms with Crippen LogP contribution in [0.1, 0.15) is 37.0 Å². The van der Waals surface area contributed by atoms with Crippen molar-refractivity contribution in [2.75, 3.05) is 5.75 Å². The van der Waals surface area contributed by atoms with Gasteiger partial charge in [0, 0.05) is 18.5 Å². The van der Waals surface area contributed by atoms with E-state index in [1.165, 1.54) is 31.5 Å². The van der Waals surface area contributed by atoms with E-state index < -0.39 is 32.6 Å². The number of rotatable bonds is 6. The fourth-order valence-electron chi connectivity index (χ4n) is 3.06. The van der Waals surface area contributed by atoms with Crippen molar-refractivity contribution in [2.45, 2.75) is 38.1 Å². The van der Waals surface area contributed by atoms with E-state index in [1.54, 1.807) is 13.8 Å². The summed E-state index contributed by atoms with van der Waals surface area (Å²) < 4.78 is 66.8. The number of hydrogen-bond acceptors (Lipinski definition) is 8. The molecule has 0 spiro atoms. The summed E-state index contributed by atoms with van der Waals surface area (Å²) in [4.78, 5) is 26.0. The van der Waals surface area contributed by atoms with Gasteiger partial charge in [-0.1, -0.05) is 6.92 Å². The van der Waals surface area contributed by atoms with E-state index in [2.05, 4.69) is 25.6 Å². The van der Waals surface area contributed by atoms with Gasteiger partial charge < -0.3 is 0 Å². The Labute approximate surface area is 190 Å². The van der Waals surface area contributed by atoms with Crippen molar-refractivity contribution < 1.29 is 31.2 Å². The molecule has 0 aliphatic rings. The molecule has 11 nitrogen and oxygen atoms in total. The van der Waals surface area contributed by atoms with Gasteiger partial charge in [0.05, 0.1) is 23.1 Å². The van der Waals surface area contributed by atoms with Gasteiger partial charge in [0.25, 0.3) is 5.91 Å². The molecule has 1 N–H and O–H groups in total. The Morgan fingerprint density at radius 2 is 1.97 bits per heavy atom. The Morgan fingerprint density at radius 1 is 1.24 bits per heavy atom. The minimum Gasteiger partial charge on any atom is -0.271 e. The first-order valence-electron chi connectivity index (χ1n) is 9.93. The lowest BCUT2D eigenvalue weighted by Gasteiger charge is -2.09. The molecule has 0 unspecified atom stereocenters. The van der Waals surface area contributed by atoms with Crippen molar-refractivity contribution in [3.05, 3.63) is 42.0 Å². The summed E-state index contributed by atoms with van der Waals surface area (Å²) in [5, 5.41) is 7.13. The number of sulfone groups is 1. The van der Waals surface area contributed by atoms with Crippen LogP contribution in [0.25, 0.3) is 22.6 Å². The van der Waals surface area contributed by atoms with Gasteiger partial charge in [0.1, 0.15) is 5.69 Å². The van der Waals surface area contributed by atoms with Gasteiger partial charge in [-0.3, -0.25) is 9.63 Å². The minimum absolute atomic E-state index is 0.00774. The monoisotopic (exact) mass is 497 g/mol. The Hall–Kier alpha value is -3.59. The molecule has 4 aromatic rings. The first-order chi connectivity index (χ1) is 15.9. The number of carbonyl (C=O) groups excluding carboxylic acids is 1. The van der Waals surface area contributed by atoms with Crippen LogP contribution < -0.4 is 5.48 Å². The second kappa shape index (κ2) is 8.32. The summed E-state index contributed by atoms with van der Waals surface area (Å²) in [5.41, 5.74) is 0.756. The van der Waals surface area contributed by atoms with E-state index >= 15 is 0 Å². The maximum atomic E-state index is 13.1. The van der Waals surface area contributed by atoms with E-state index in [4.69, 9.17) is 4.84 Å². The smallest absolute Gasteiger partial charge is 0.271 e. The largest absolute Gasteiger partial charge is 0.435 e. The number of nitrogens with zero attached hydrogens (tertiary/aromatic N) is 6. The SMILES string of the molecule is CCS(=O)(=O)c1nn2c(C(=O)NOC(C)C)ccnc2c1-c1ccn2nc(C(F)(F)F)cc2n1. The molecule has 0 fully saturated rings. The van der Waals surface area contributed by atoms with Crippen LogP contribution >= 0.6 is 0 Å². The van der Waals surface area contributed by atoms with Crippen molar-refractivity contribution in [3.63, 3.8) is 0 Å². The third-order valence-corrected chi connectivity index (χ3v) is 6.29. The lowest BCUT2D eigenvalue weighted by atomic mass is 10.2. The molecule has 0 aliphatic carbocycles. The third kappa shape index (κ3) is 4.19. The quantitative estimate of drug-likeness (QED) is 0.402. The molecule has 180 valence electrons. The first-order valence-corrected chi connectivity index (χ1v) is 11.6. The fourth-order valence-corrected chi connectivity index (χ4v) is 4.04. The molecule has 0 atom stereocenters. The van der Waals surface area contributed by atoms with Gasteiger partial charge in [-0.25, -0.2) is 32.9 Å². The van der Waals surface area contributed by atoms with E-state index in [-0.39, 0.29) is 40.1 Å². The van der Waals surface area contributed by atoms with Gasteiger partial charge in [0.2, 0.25) is 0 Å². The molecule has 0 radical (unpaired) electrons. The molecule has 4 heterocycles. The van der Waals surface area contributed by atoms with Gasteiger partial charge >= 0.3 is 6.18 Å². The van der Waals surface area contributed by atoms with Gasteiger partial charge in [0.15, 0.2) is 31.9 Å². The standard InChI is InChI=1S/C19H18F3N7O4S/c1-4-34(31,32)18-15(11-6-8-28-14(24-11)9-13(25-28)19(20,21)22)16-23-7-5-12(29(16)26-18)17(30)27-33-10(2)3/h5-10H,4H2,1-3H3,(H,27,30). The van der Waals surface area contributed by atoms with E-state index in [9.17, 15) is 26.4 Å².